The molecule has 0 heterocycles. The highest BCUT2D eigenvalue weighted by Crippen LogP contribution is 2.27. The van der Waals surface area contributed by atoms with Crippen LogP contribution in [0, 0.1) is 0 Å². The maximum Gasteiger partial charge on any atom is 0.242 e. The molecule has 0 atom stereocenters. The minimum Gasteiger partial charge on any atom is -0.497 e. The second-order valence-electron chi connectivity index (χ2n) is 5.01. The molecule has 1 aromatic carbocycles. The highest BCUT2D eigenvalue weighted by atomic mass is 32.2. The lowest BCUT2D eigenvalue weighted by Crippen LogP contribution is -2.33. The molecule has 0 bridgehead atoms. The highest BCUT2D eigenvalue weighted by molar-refractivity contribution is 7.93. The fourth-order valence-electron chi connectivity index (χ4n) is 1.84. The van der Waals surface area contributed by atoms with Crippen molar-refractivity contribution in [3.63, 3.8) is 0 Å². The van der Waals surface area contributed by atoms with E-state index in [2.05, 4.69) is 14.8 Å². The van der Waals surface area contributed by atoms with Gasteiger partial charge in [0.15, 0.2) is 0 Å². The van der Waals surface area contributed by atoms with Gasteiger partial charge in [-0.3, -0.25) is 4.72 Å². The number of anilines is 1. The zero-order valence-corrected chi connectivity index (χ0v) is 16.2. The molecule has 0 radical (unpaired) electrons. The van der Waals surface area contributed by atoms with Gasteiger partial charge in [-0.25, -0.2) is 21.6 Å². The Kier molecular flexibility index (Phi) is 8.59. The molecule has 11 heteroatoms. The zero-order chi connectivity index (χ0) is 18.9. The number of methoxy groups -OCH3 is 2. The number of sulfonamides is 2. The summed E-state index contributed by atoms with van der Waals surface area (Å²) in [5.74, 6) is 0.162. The number of nitrogens with one attached hydrogen (secondary N) is 3. The second-order valence-corrected chi connectivity index (χ2v) is 8.75. The lowest BCUT2D eigenvalue weighted by atomic mass is 10.3. The fraction of sp³-hybridized carbons (Fsp3) is 0.571. The second kappa shape index (κ2) is 9.92. The zero-order valence-electron chi connectivity index (χ0n) is 14.5. The predicted octanol–water partition coefficient (Wildman–Crippen LogP) is -0.0289. The van der Waals surface area contributed by atoms with Crippen molar-refractivity contribution < 1.29 is 26.3 Å². The third kappa shape index (κ3) is 7.16. The van der Waals surface area contributed by atoms with E-state index in [0.717, 1.165) is 0 Å². The Bertz CT molecular complexity index is 750. The van der Waals surface area contributed by atoms with E-state index < -0.39 is 20.0 Å². The number of benzene rings is 1. The molecule has 0 fully saturated rings. The van der Waals surface area contributed by atoms with Crippen molar-refractivity contribution in [3.8, 4) is 5.75 Å². The van der Waals surface area contributed by atoms with E-state index in [1.54, 1.807) is 7.11 Å². The summed E-state index contributed by atoms with van der Waals surface area (Å²) in [5.41, 5.74) is -0.0546. The molecular formula is C14H25N3O6S2. The summed E-state index contributed by atoms with van der Waals surface area (Å²) in [6, 6.07) is 4.08. The summed E-state index contributed by atoms with van der Waals surface area (Å²) in [5, 5.41) is 3.01. The molecule has 0 aliphatic carbocycles. The number of hydrogen-bond donors (Lipinski definition) is 3. The monoisotopic (exact) mass is 395 g/mol. The van der Waals surface area contributed by atoms with E-state index in [1.165, 1.54) is 32.2 Å². The first-order valence-electron chi connectivity index (χ1n) is 7.63. The van der Waals surface area contributed by atoms with Crippen LogP contribution in [0.5, 0.6) is 5.75 Å². The van der Waals surface area contributed by atoms with Gasteiger partial charge in [0, 0.05) is 32.8 Å². The molecule has 0 spiro atoms. The van der Waals surface area contributed by atoms with Crippen LogP contribution >= 0.6 is 0 Å². The van der Waals surface area contributed by atoms with Gasteiger partial charge in [-0.05, 0) is 19.1 Å². The quantitative estimate of drug-likeness (QED) is 0.425. The third-order valence-corrected chi connectivity index (χ3v) is 6.01. The van der Waals surface area contributed by atoms with Crippen LogP contribution in [0.4, 0.5) is 5.69 Å². The van der Waals surface area contributed by atoms with Crippen LogP contribution in [-0.4, -0.2) is 63.0 Å². The Labute approximate surface area is 149 Å². The van der Waals surface area contributed by atoms with Crippen LogP contribution in [0.25, 0.3) is 0 Å². The molecule has 3 N–H and O–H groups in total. The van der Waals surface area contributed by atoms with Gasteiger partial charge in [-0.2, -0.15) is 0 Å². The number of hydrogen-bond acceptors (Lipinski definition) is 7. The van der Waals surface area contributed by atoms with Crippen molar-refractivity contribution in [3.05, 3.63) is 18.2 Å². The van der Waals surface area contributed by atoms with Crippen LogP contribution in [0.2, 0.25) is 0 Å². The normalized spacial score (nSPS) is 12.1. The fourth-order valence-corrected chi connectivity index (χ4v) is 3.73. The molecule has 0 saturated carbocycles. The van der Waals surface area contributed by atoms with Gasteiger partial charge in [0.2, 0.25) is 20.0 Å². The van der Waals surface area contributed by atoms with Crippen molar-refractivity contribution in [2.24, 2.45) is 0 Å². The lowest BCUT2D eigenvalue weighted by Gasteiger charge is -2.14. The molecule has 25 heavy (non-hydrogen) atoms. The summed E-state index contributed by atoms with van der Waals surface area (Å²) < 4.78 is 63.2. The van der Waals surface area contributed by atoms with Gasteiger partial charge < -0.3 is 14.8 Å². The van der Waals surface area contributed by atoms with Gasteiger partial charge in [0.25, 0.3) is 0 Å². The summed E-state index contributed by atoms with van der Waals surface area (Å²) in [7, 11) is -4.55. The van der Waals surface area contributed by atoms with Crippen LogP contribution < -0.4 is 19.5 Å². The van der Waals surface area contributed by atoms with Gasteiger partial charge in [0.05, 0.1) is 25.2 Å². The average molecular weight is 396 g/mol. The predicted molar refractivity (Wildman–Crippen MR) is 96.0 cm³/mol. The Hall–Kier alpha value is -1.40. The van der Waals surface area contributed by atoms with Crippen molar-refractivity contribution in [2.45, 2.75) is 11.8 Å². The highest BCUT2D eigenvalue weighted by Gasteiger charge is 2.21. The Morgan fingerprint density at radius 3 is 2.36 bits per heavy atom. The Morgan fingerprint density at radius 1 is 1.04 bits per heavy atom. The topological polar surface area (TPSA) is 123 Å². The largest absolute Gasteiger partial charge is 0.497 e. The molecule has 0 aliphatic heterocycles. The van der Waals surface area contributed by atoms with E-state index in [1.807, 2.05) is 0 Å². The maximum atomic E-state index is 12.5. The molecule has 1 rings (SSSR count). The number of rotatable bonds is 12. The standard InChI is InChI=1S/C14H25N3O6S2/c1-4-24(18,19)17-13-11-12(23-3)5-6-14(13)25(20,21)16-8-7-15-9-10-22-2/h5-6,11,15-17H,4,7-10H2,1-3H3. The van der Waals surface area contributed by atoms with E-state index in [4.69, 9.17) is 9.47 Å². The first kappa shape index (κ1) is 21.6. The molecule has 0 amide bonds. The minimum absolute atomic E-state index is 0.0546. The molecule has 144 valence electrons. The van der Waals surface area contributed by atoms with Gasteiger partial charge in [0.1, 0.15) is 10.6 Å². The molecule has 0 aromatic heterocycles. The first-order valence-corrected chi connectivity index (χ1v) is 10.8. The van der Waals surface area contributed by atoms with Gasteiger partial charge in [-0.15, -0.1) is 0 Å². The molecule has 0 saturated heterocycles. The van der Waals surface area contributed by atoms with Gasteiger partial charge in [-0.1, -0.05) is 0 Å². The lowest BCUT2D eigenvalue weighted by molar-refractivity contribution is 0.199. The van der Waals surface area contributed by atoms with Crippen molar-refractivity contribution in [2.75, 3.05) is 50.9 Å². The smallest absolute Gasteiger partial charge is 0.242 e. The maximum absolute atomic E-state index is 12.5. The SMILES string of the molecule is CCS(=O)(=O)Nc1cc(OC)ccc1S(=O)(=O)NCCNCCOC. The third-order valence-electron chi connectivity index (χ3n) is 3.20. The average Bonchev–Trinajstić information content (AvgIpc) is 2.57. The van der Waals surface area contributed by atoms with Crippen LogP contribution in [0.1, 0.15) is 6.92 Å². The van der Waals surface area contributed by atoms with E-state index >= 15 is 0 Å². The van der Waals surface area contributed by atoms with Crippen molar-refractivity contribution >= 4 is 25.7 Å². The minimum atomic E-state index is -3.89. The van der Waals surface area contributed by atoms with E-state index in [9.17, 15) is 16.8 Å². The Morgan fingerprint density at radius 2 is 1.76 bits per heavy atom. The summed E-state index contributed by atoms with van der Waals surface area (Å²) in [6.07, 6.45) is 0. The van der Waals surface area contributed by atoms with Crippen molar-refractivity contribution in [1.82, 2.24) is 10.0 Å². The molecule has 1 aromatic rings. The summed E-state index contributed by atoms with van der Waals surface area (Å²) in [6.45, 7) is 3.14. The molecular weight excluding hydrogens is 370 g/mol. The summed E-state index contributed by atoms with van der Waals surface area (Å²) >= 11 is 0. The molecule has 9 nitrogen and oxygen atoms in total. The van der Waals surface area contributed by atoms with Crippen LogP contribution in [0.3, 0.4) is 0 Å². The van der Waals surface area contributed by atoms with Crippen molar-refractivity contribution in [1.29, 1.82) is 0 Å². The summed E-state index contributed by atoms with van der Waals surface area (Å²) in [4.78, 5) is -0.165. The first-order chi connectivity index (χ1) is 11.8. The Balaban J connectivity index is 2.93. The van der Waals surface area contributed by atoms with Gasteiger partial charge >= 0.3 is 0 Å². The van der Waals surface area contributed by atoms with Crippen LogP contribution in [0.15, 0.2) is 23.1 Å². The van der Waals surface area contributed by atoms with Crippen LogP contribution in [-0.2, 0) is 24.8 Å². The molecule has 0 unspecified atom stereocenters. The molecule has 0 aliphatic rings. The number of ether oxygens (including phenoxy) is 2. The van der Waals surface area contributed by atoms with E-state index in [0.29, 0.717) is 25.4 Å². The van der Waals surface area contributed by atoms with E-state index in [-0.39, 0.29) is 22.9 Å².